The van der Waals surface area contributed by atoms with Gasteiger partial charge >= 0.3 is 0 Å². The van der Waals surface area contributed by atoms with Crippen molar-refractivity contribution in [2.45, 2.75) is 69.1 Å². The van der Waals surface area contributed by atoms with Crippen LogP contribution in [0.1, 0.15) is 58.3 Å². The van der Waals surface area contributed by atoms with Crippen molar-refractivity contribution in [1.82, 2.24) is 4.72 Å². The zero-order valence-corrected chi connectivity index (χ0v) is 12.0. The maximum Gasteiger partial charge on any atom is 0.217 e. The van der Waals surface area contributed by atoms with Crippen LogP contribution in [0.2, 0.25) is 0 Å². The Morgan fingerprint density at radius 3 is 2.56 bits per heavy atom. The molecule has 0 aromatic rings. The van der Waals surface area contributed by atoms with Gasteiger partial charge in [-0.2, -0.15) is 0 Å². The van der Waals surface area contributed by atoms with Crippen LogP contribution in [0.3, 0.4) is 0 Å². The van der Waals surface area contributed by atoms with Crippen molar-refractivity contribution in [3.63, 3.8) is 0 Å². The van der Waals surface area contributed by atoms with E-state index >= 15 is 0 Å². The lowest BCUT2D eigenvalue weighted by molar-refractivity contribution is 0.0645. The van der Waals surface area contributed by atoms with E-state index in [9.17, 15) is 13.5 Å². The Kier molecular flexibility index (Phi) is 4.34. The Morgan fingerprint density at radius 2 is 1.94 bits per heavy atom. The molecular weight excluding hydrogens is 250 g/mol. The van der Waals surface area contributed by atoms with E-state index in [4.69, 9.17) is 0 Å². The van der Waals surface area contributed by atoms with E-state index in [0.717, 1.165) is 44.9 Å². The minimum Gasteiger partial charge on any atom is -0.393 e. The van der Waals surface area contributed by atoms with Crippen molar-refractivity contribution in [2.24, 2.45) is 5.92 Å². The summed E-state index contributed by atoms with van der Waals surface area (Å²) >= 11 is 0. The number of aliphatic hydroxyl groups is 1. The van der Waals surface area contributed by atoms with Crippen LogP contribution >= 0.6 is 0 Å². The molecule has 0 aromatic carbocycles. The predicted molar refractivity (Wildman–Crippen MR) is 71.8 cm³/mol. The van der Waals surface area contributed by atoms with Gasteiger partial charge in [0.15, 0.2) is 0 Å². The Labute approximate surface area is 110 Å². The average Bonchev–Trinajstić information content (AvgIpc) is 3.07. The second kappa shape index (κ2) is 5.47. The normalized spacial score (nSPS) is 31.2. The second-order valence-corrected chi connectivity index (χ2v) is 8.38. The molecular formula is C13H25NO3S. The lowest BCUT2D eigenvalue weighted by atomic mass is 9.84. The van der Waals surface area contributed by atoms with E-state index in [1.807, 2.05) is 0 Å². The fourth-order valence-electron chi connectivity index (χ4n) is 2.71. The zero-order chi connectivity index (χ0) is 13.2. The Hall–Kier alpha value is -0.130. The molecule has 4 nitrogen and oxygen atoms in total. The number of sulfonamides is 1. The molecule has 0 saturated heterocycles. The Morgan fingerprint density at radius 1 is 1.28 bits per heavy atom. The van der Waals surface area contributed by atoms with Crippen molar-refractivity contribution in [3.05, 3.63) is 0 Å². The fourth-order valence-corrected chi connectivity index (χ4v) is 4.12. The summed E-state index contributed by atoms with van der Waals surface area (Å²) in [5.74, 6) is 0.375. The van der Waals surface area contributed by atoms with Crippen LogP contribution in [0.4, 0.5) is 0 Å². The molecule has 18 heavy (non-hydrogen) atoms. The predicted octanol–water partition coefficient (Wildman–Crippen LogP) is 1.79. The second-order valence-electron chi connectivity index (χ2n) is 6.10. The highest BCUT2D eigenvalue weighted by atomic mass is 32.2. The van der Waals surface area contributed by atoms with Crippen LogP contribution in [0.25, 0.3) is 0 Å². The number of hydrogen-bond acceptors (Lipinski definition) is 3. The number of rotatable bonds is 6. The standard InChI is InChI=1S/C13H25NO3S/c1-13(8-9-13)18(16,17)14-10-4-6-11-5-2-3-7-12(11)15/h11-12,14-15H,2-10H2,1H3. The molecule has 0 heterocycles. The van der Waals surface area contributed by atoms with E-state index in [0.29, 0.717) is 12.5 Å². The molecule has 2 atom stereocenters. The van der Waals surface area contributed by atoms with Gasteiger partial charge in [0.1, 0.15) is 0 Å². The zero-order valence-electron chi connectivity index (χ0n) is 11.2. The monoisotopic (exact) mass is 275 g/mol. The van der Waals surface area contributed by atoms with Gasteiger partial charge in [-0.15, -0.1) is 0 Å². The van der Waals surface area contributed by atoms with Gasteiger partial charge in [-0.05, 0) is 51.4 Å². The first kappa shape index (κ1) is 14.3. The van der Waals surface area contributed by atoms with Gasteiger partial charge in [0, 0.05) is 6.54 Å². The lowest BCUT2D eigenvalue weighted by Gasteiger charge is -2.27. The minimum atomic E-state index is -3.12. The molecule has 0 amide bonds. The van der Waals surface area contributed by atoms with Gasteiger partial charge in [0.05, 0.1) is 10.9 Å². The topological polar surface area (TPSA) is 66.4 Å². The van der Waals surface area contributed by atoms with Crippen LogP contribution in [-0.4, -0.2) is 30.9 Å². The molecule has 2 saturated carbocycles. The third kappa shape index (κ3) is 3.25. The summed E-state index contributed by atoms with van der Waals surface area (Å²) in [6, 6.07) is 0. The maximum absolute atomic E-state index is 11.9. The SMILES string of the molecule is CC1(S(=O)(=O)NCCCC2CCCCC2O)CC1. The largest absolute Gasteiger partial charge is 0.393 e. The molecule has 0 spiro atoms. The van der Waals surface area contributed by atoms with Crippen LogP contribution in [0, 0.1) is 5.92 Å². The number of nitrogens with one attached hydrogen (secondary N) is 1. The molecule has 5 heteroatoms. The third-order valence-corrected chi connectivity index (χ3v) is 6.81. The van der Waals surface area contributed by atoms with E-state index in [2.05, 4.69) is 4.72 Å². The molecule has 0 bridgehead atoms. The Balaban J connectivity index is 1.67. The molecule has 0 radical (unpaired) electrons. The first-order chi connectivity index (χ1) is 8.45. The van der Waals surface area contributed by atoms with E-state index in [1.165, 1.54) is 6.42 Å². The molecule has 2 aliphatic carbocycles. The van der Waals surface area contributed by atoms with Crippen LogP contribution in [0.15, 0.2) is 0 Å². The van der Waals surface area contributed by atoms with Crippen molar-refractivity contribution in [1.29, 1.82) is 0 Å². The Bertz CT molecular complexity index is 376. The van der Waals surface area contributed by atoms with Gasteiger partial charge < -0.3 is 5.11 Å². The summed E-state index contributed by atoms with van der Waals surface area (Å²) in [4.78, 5) is 0. The highest BCUT2D eigenvalue weighted by Crippen LogP contribution is 2.42. The van der Waals surface area contributed by atoms with Crippen molar-refractivity contribution >= 4 is 10.0 Å². The van der Waals surface area contributed by atoms with E-state index in [1.54, 1.807) is 6.92 Å². The maximum atomic E-state index is 11.9. The summed E-state index contributed by atoms with van der Waals surface area (Å²) in [5.41, 5.74) is 0. The summed E-state index contributed by atoms with van der Waals surface area (Å²) in [7, 11) is -3.12. The van der Waals surface area contributed by atoms with Gasteiger partial charge in [-0.1, -0.05) is 12.8 Å². The van der Waals surface area contributed by atoms with E-state index < -0.39 is 14.8 Å². The molecule has 0 aliphatic heterocycles. The first-order valence-corrected chi connectivity index (χ1v) is 8.60. The first-order valence-electron chi connectivity index (χ1n) is 7.12. The highest BCUT2D eigenvalue weighted by Gasteiger charge is 2.49. The molecule has 2 unspecified atom stereocenters. The molecule has 2 aliphatic rings. The summed E-state index contributed by atoms with van der Waals surface area (Å²) in [6.07, 6.45) is 7.48. The van der Waals surface area contributed by atoms with Crippen molar-refractivity contribution in [3.8, 4) is 0 Å². The highest BCUT2D eigenvalue weighted by molar-refractivity contribution is 7.91. The van der Waals surface area contributed by atoms with Gasteiger partial charge in [-0.25, -0.2) is 13.1 Å². The van der Waals surface area contributed by atoms with Crippen LogP contribution in [0.5, 0.6) is 0 Å². The van der Waals surface area contributed by atoms with Gasteiger partial charge in [0.2, 0.25) is 10.0 Å². The number of aliphatic hydroxyl groups excluding tert-OH is 1. The van der Waals surface area contributed by atoms with Crippen LogP contribution < -0.4 is 4.72 Å². The summed E-state index contributed by atoms with van der Waals surface area (Å²) < 4.78 is 25.9. The summed E-state index contributed by atoms with van der Waals surface area (Å²) in [6.45, 7) is 2.32. The molecule has 106 valence electrons. The van der Waals surface area contributed by atoms with E-state index in [-0.39, 0.29) is 6.10 Å². The van der Waals surface area contributed by atoms with Gasteiger partial charge in [-0.3, -0.25) is 0 Å². The van der Waals surface area contributed by atoms with Crippen molar-refractivity contribution < 1.29 is 13.5 Å². The summed E-state index contributed by atoms with van der Waals surface area (Å²) in [5, 5.41) is 9.83. The average molecular weight is 275 g/mol. The fraction of sp³-hybridized carbons (Fsp3) is 1.00. The smallest absolute Gasteiger partial charge is 0.217 e. The number of hydrogen-bond donors (Lipinski definition) is 2. The quantitative estimate of drug-likeness (QED) is 0.726. The third-order valence-electron chi connectivity index (χ3n) is 4.52. The molecule has 2 rings (SSSR count). The lowest BCUT2D eigenvalue weighted by Crippen LogP contribution is -2.35. The molecule has 0 aromatic heterocycles. The van der Waals surface area contributed by atoms with Gasteiger partial charge in [0.25, 0.3) is 0 Å². The van der Waals surface area contributed by atoms with Crippen molar-refractivity contribution in [2.75, 3.05) is 6.54 Å². The molecule has 2 fully saturated rings. The van der Waals surface area contributed by atoms with Crippen LogP contribution in [-0.2, 0) is 10.0 Å². The molecule has 2 N–H and O–H groups in total. The minimum absolute atomic E-state index is 0.170.